The summed E-state index contributed by atoms with van der Waals surface area (Å²) in [5, 5.41) is 18.1. The SMILES string of the molecule is N=c1ccn(-c2ccncc2)cc1NC(=O)C1COc2ccccc2O1.O=C(O)C(F)(F)F. The molecule has 1 unspecified atom stereocenters. The minimum Gasteiger partial charge on any atom is -0.485 e. The molecule has 12 heteroatoms. The Morgan fingerprint density at radius 2 is 1.76 bits per heavy atom. The van der Waals surface area contributed by atoms with Crippen LogP contribution in [0, 0.1) is 5.41 Å². The molecule has 0 saturated carbocycles. The third kappa shape index (κ3) is 6.09. The van der Waals surface area contributed by atoms with E-state index in [0.717, 1.165) is 5.69 Å². The molecule has 2 aromatic heterocycles. The Bertz CT molecular complexity index is 1200. The van der Waals surface area contributed by atoms with E-state index < -0.39 is 18.2 Å². The van der Waals surface area contributed by atoms with Crippen molar-refractivity contribution >= 4 is 17.6 Å². The van der Waals surface area contributed by atoms with Gasteiger partial charge in [-0.1, -0.05) is 12.1 Å². The van der Waals surface area contributed by atoms with Gasteiger partial charge in [-0.3, -0.25) is 15.2 Å². The van der Waals surface area contributed by atoms with E-state index in [1.165, 1.54) is 0 Å². The fourth-order valence-corrected chi connectivity index (χ4v) is 2.63. The van der Waals surface area contributed by atoms with Crippen LogP contribution in [0.3, 0.4) is 0 Å². The number of carbonyl (C=O) groups is 2. The maximum Gasteiger partial charge on any atom is 0.490 e. The van der Waals surface area contributed by atoms with Gasteiger partial charge in [0.25, 0.3) is 5.91 Å². The number of carboxylic acids is 1. The molecular formula is C21H17F3N4O5. The maximum atomic E-state index is 12.6. The summed E-state index contributed by atoms with van der Waals surface area (Å²) < 4.78 is 44.8. The van der Waals surface area contributed by atoms with Gasteiger partial charge in [0.2, 0.25) is 6.10 Å². The molecule has 4 rings (SSSR count). The topological polar surface area (TPSA) is 127 Å². The zero-order valence-electron chi connectivity index (χ0n) is 16.7. The Kier molecular flexibility index (Phi) is 6.96. The first-order valence-corrected chi connectivity index (χ1v) is 9.32. The number of carboxylic acid groups (broad SMARTS) is 1. The number of pyridine rings is 2. The van der Waals surface area contributed by atoms with Gasteiger partial charge in [-0.05, 0) is 30.3 Å². The Labute approximate surface area is 184 Å². The lowest BCUT2D eigenvalue weighted by Crippen LogP contribution is -2.41. The van der Waals surface area contributed by atoms with Gasteiger partial charge in [0.05, 0.1) is 11.0 Å². The lowest BCUT2D eigenvalue weighted by atomic mass is 10.2. The highest BCUT2D eigenvalue weighted by Crippen LogP contribution is 2.31. The van der Waals surface area contributed by atoms with Crippen molar-refractivity contribution in [2.24, 2.45) is 0 Å². The number of nitrogens with one attached hydrogen (secondary N) is 2. The van der Waals surface area contributed by atoms with Crippen molar-refractivity contribution in [1.82, 2.24) is 9.55 Å². The van der Waals surface area contributed by atoms with Crippen molar-refractivity contribution in [2.45, 2.75) is 12.3 Å². The molecule has 0 bridgehead atoms. The van der Waals surface area contributed by atoms with Gasteiger partial charge < -0.3 is 24.5 Å². The molecule has 0 spiro atoms. The minimum atomic E-state index is -5.08. The molecule has 0 saturated heterocycles. The van der Waals surface area contributed by atoms with Crippen LogP contribution in [0.5, 0.6) is 11.5 Å². The number of rotatable bonds is 3. The first-order valence-electron chi connectivity index (χ1n) is 9.32. The molecule has 1 amide bonds. The molecule has 0 fully saturated rings. The molecule has 0 radical (unpaired) electrons. The number of hydrogen-bond donors (Lipinski definition) is 3. The molecule has 1 aliphatic heterocycles. The average Bonchev–Trinajstić information content (AvgIpc) is 2.80. The molecule has 33 heavy (non-hydrogen) atoms. The number of amides is 1. The highest BCUT2D eigenvalue weighted by atomic mass is 19.4. The molecule has 1 aliphatic rings. The Hall–Kier alpha value is -4.35. The quantitative estimate of drug-likeness (QED) is 0.550. The fraction of sp³-hybridized carbons (Fsp3) is 0.143. The molecule has 3 heterocycles. The third-order valence-electron chi connectivity index (χ3n) is 4.22. The van der Waals surface area contributed by atoms with Crippen LogP contribution in [0.4, 0.5) is 18.9 Å². The van der Waals surface area contributed by atoms with Gasteiger partial charge >= 0.3 is 12.1 Å². The highest BCUT2D eigenvalue weighted by Gasteiger charge is 2.38. The molecule has 0 aliphatic carbocycles. The number of halogens is 3. The van der Waals surface area contributed by atoms with Crippen molar-refractivity contribution in [3.63, 3.8) is 0 Å². The van der Waals surface area contributed by atoms with E-state index >= 15 is 0 Å². The van der Waals surface area contributed by atoms with Gasteiger partial charge in [0.15, 0.2) is 11.5 Å². The average molecular weight is 462 g/mol. The van der Waals surface area contributed by atoms with Gasteiger partial charge in [-0.15, -0.1) is 0 Å². The van der Waals surface area contributed by atoms with Gasteiger partial charge in [0, 0.05) is 30.5 Å². The van der Waals surface area contributed by atoms with Gasteiger partial charge in [0.1, 0.15) is 6.61 Å². The molecule has 1 aromatic carbocycles. The van der Waals surface area contributed by atoms with E-state index in [9.17, 15) is 18.0 Å². The standard InChI is InChI=1S/C19H16N4O3.C2HF3O2/c20-14-7-10-23(13-5-8-21-9-6-13)11-15(14)22-19(24)18-12-25-16-3-1-2-4-17(16)26-18;3-2(4,5)1(6)7/h1-11,18,20H,12H2,(H,22,24);(H,6,7). The Morgan fingerprint density at radius 1 is 1.12 bits per heavy atom. The van der Waals surface area contributed by atoms with Crippen LogP contribution in [0.15, 0.2) is 67.3 Å². The maximum absolute atomic E-state index is 12.6. The number of alkyl halides is 3. The van der Waals surface area contributed by atoms with E-state index in [1.54, 1.807) is 43.0 Å². The van der Waals surface area contributed by atoms with Crippen LogP contribution in [0.2, 0.25) is 0 Å². The molecule has 172 valence electrons. The second-order valence-corrected chi connectivity index (χ2v) is 6.54. The van der Waals surface area contributed by atoms with Gasteiger partial charge in [-0.2, -0.15) is 13.2 Å². The normalized spacial score (nSPS) is 14.5. The van der Waals surface area contributed by atoms with Crippen LogP contribution < -0.4 is 20.1 Å². The number of aromatic nitrogens is 2. The lowest BCUT2D eigenvalue weighted by Gasteiger charge is -2.25. The summed E-state index contributed by atoms with van der Waals surface area (Å²) in [4.78, 5) is 25.4. The number of carbonyl (C=O) groups excluding carboxylic acids is 1. The summed E-state index contributed by atoms with van der Waals surface area (Å²) in [5.74, 6) is -1.97. The van der Waals surface area contributed by atoms with Crippen molar-refractivity contribution in [1.29, 1.82) is 5.41 Å². The van der Waals surface area contributed by atoms with Crippen molar-refractivity contribution in [3.8, 4) is 17.2 Å². The number of anilines is 1. The zero-order chi connectivity index (χ0) is 24.0. The monoisotopic (exact) mass is 462 g/mol. The van der Waals surface area contributed by atoms with E-state index in [0.29, 0.717) is 17.2 Å². The van der Waals surface area contributed by atoms with Crippen LogP contribution in [0.1, 0.15) is 0 Å². The van der Waals surface area contributed by atoms with Crippen molar-refractivity contribution in [2.75, 3.05) is 11.9 Å². The second kappa shape index (κ2) is 9.85. The van der Waals surface area contributed by atoms with Crippen LogP contribution in [-0.4, -0.2) is 45.4 Å². The largest absolute Gasteiger partial charge is 0.490 e. The minimum absolute atomic E-state index is 0.118. The number of hydrogen-bond acceptors (Lipinski definition) is 6. The molecule has 3 N–H and O–H groups in total. The second-order valence-electron chi connectivity index (χ2n) is 6.54. The summed E-state index contributed by atoms with van der Waals surface area (Å²) in [7, 11) is 0. The fourth-order valence-electron chi connectivity index (χ4n) is 2.63. The number of fused-ring (bicyclic) bond motifs is 1. The summed E-state index contributed by atoms with van der Waals surface area (Å²) >= 11 is 0. The van der Waals surface area contributed by atoms with E-state index in [2.05, 4.69) is 10.3 Å². The molecule has 3 aromatic rings. The molecular weight excluding hydrogens is 445 g/mol. The summed E-state index contributed by atoms with van der Waals surface area (Å²) in [6.45, 7) is 0.118. The number of para-hydroxylation sites is 2. The summed E-state index contributed by atoms with van der Waals surface area (Å²) in [6, 6.07) is 12.5. The summed E-state index contributed by atoms with van der Waals surface area (Å²) in [6.07, 6.45) is 0.940. The van der Waals surface area contributed by atoms with Gasteiger partial charge in [-0.25, -0.2) is 4.79 Å². The predicted octanol–water partition coefficient (Wildman–Crippen LogP) is 2.76. The van der Waals surface area contributed by atoms with Crippen LogP contribution in [-0.2, 0) is 9.59 Å². The Balaban J connectivity index is 0.000000383. The first kappa shape index (κ1) is 23.3. The molecule has 9 nitrogen and oxygen atoms in total. The first-order chi connectivity index (χ1) is 15.6. The van der Waals surface area contributed by atoms with E-state index in [-0.39, 0.29) is 17.9 Å². The number of aliphatic carboxylic acids is 1. The van der Waals surface area contributed by atoms with E-state index in [1.807, 2.05) is 28.8 Å². The predicted molar refractivity (Wildman–Crippen MR) is 108 cm³/mol. The zero-order valence-corrected chi connectivity index (χ0v) is 16.7. The van der Waals surface area contributed by atoms with Crippen LogP contribution >= 0.6 is 0 Å². The number of ether oxygens (including phenoxy) is 2. The number of nitrogens with zero attached hydrogens (tertiary/aromatic N) is 2. The van der Waals surface area contributed by atoms with E-state index in [4.69, 9.17) is 24.8 Å². The Morgan fingerprint density at radius 3 is 2.39 bits per heavy atom. The number of benzene rings is 1. The van der Waals surface area contributed by atoms with Crippen molar-refractivity contribution < 1.29 is 37.3 Å². The summed E-state index contributed by atoms with van der Waals surface area (Å²) in [5.41, 5.74) is 1.26. The third-order valence-corrected chi connectivity index (χ3v) is 4.22. The van der Waals surface area contributed by atoms with Crippen LogP contribution in [0.25, 0.3) is 5.69 Å². The lowest BCUT2D eigenvalue weighted by molar-refractivity contribution is -0.192. The van der Waals surface area contributed by atoms with Crippen molar-refractivity contribution in [3.05, 3.63) is 72.6 Å². The molecule has 1 atom stereocenters. The smallest absolute Gasteiger partial charge is 0.485 e. The highest BCUT2D eigenvalue weighted by molar-refractivity contribution is 5.94.